The van der Waals surface area contributed by atoms with Crippen molar-refractivity contribution in [1.82, 2.24) is 0 Å². The Labute approximate surface area is 174 Å². The van der Waals surface area contributed by atoms with Crippen LogP contribution in [0.5, 0.6) is 0 Å². The molecule has 0 bridgehead atoms. The molecule has 8 nitrogen and oxygen atoms in total. The van der Waals surface area contributed by atoms with Gasteiger partial charge >= 0.3 is 0 Å². The molecule has 1 N–H and O–H groups in total. The Kier molecular flexibility index (Phi) is 6.86. The van der Waals surface area contributed by atoms with Crippen LogP contribution < -0.4 is 9.62 Å². The van der Waals surface area contributed by atoms with Crippen molar-refractivity contribution in [1.29, 1.82) is 0 Å². The number of anilines is 2. The Bertz CT molecular complexity index is 1060. The molecule has 10 heteroatoms. The number of non-ortho nitro benzene ring substituents is 1. The highest BCUT2D eigenvalue weighted by atomic mass is 35.5. The summed E-state index contributed by atoms with van der Waals surface area (Å²) in [5, 5.41) is 14.3. The summed E-state index contributed by atoms with van der Waals surface area (Å²) in [5.74, 6) is -0.561. The van der Waals surface area contributed by atoms with Crippen molar-refractivity contribution in [2.75, 3.05) is 15.9 Å². The number of hydrogen-bond acceptors (Lipinski definition) is 5. The third kappa shape index (κ3) is 5.24. The molecule has 1 atom stereocenters. The Balaban J connectivity index is 2.53. The summed E-state index contributed by atoms with van der Waals surface area (Å²) < 4.78 is 26.1. The molecule has 0 unspecified atom stereocenters. The highest BCUT2D eigenvalue weighted by Gasteiger charge is 2.33. The van der Waals surface area contributed by atoms with Gasteiger partial charge in [0.1, 0.15) is 6.04 Å². The van der Waals surface area contributed by atoms with Gasteiger partial charge in [0, 0.05) is 22.8 Å². The first-order valence-corrected chi connectivity index (χ1v) is 11.0. The van der Waals surface area contributed by atoms with Gasteiger partial charge in [0.15, 0.2) is 0 Å². The van der Waals surface area contributed by atoms with Crippen molar-refractivity contribution in [2.45, 2.75) is 33.2 Å². The molecule has 29 heavy (non-hydrogen) atoms. The molecule has 0 aromatic heterocycles. The van der Waals surface area contributed by atoms with Gasteiger partial charge in [-0.3, -0.25) is 19.2 Å². The van der Waals surface area contributed by atoms with Crippen LogP contribution in [-0.2, 0) is 14.8 Å². The molecule has 0 radical (unpaired) electrons. The van der Waals surface area contributed by atoms with E-state index in [1.807, 2.05) is 0 Å². The number of nitro benzene ring substituents is 1. The number of rotatable bonds is 7. The molecule has 0 spiro atoms. The molecule has 0 aliphatic rings. The number of carbonyl (C=O) groups is 1. The number of amides is 1. The summed E-state index contributed by atoms with van der Waals surface area (Å²) in [6, 6.07) is 7.79. The molecule has 0 aliphatic heterocycles. The number of aryl methyl sites for hydroxylation is 2. The Hall–Kier alpha value is -2.65. The van der Waals surface area contributed by atoms with Crippen LogP contribution in [0.4, 0.5) is 17.1 Å². The summed E-state index contributed by atoms with van der Waals surface area (Å²) in [4.78, 5) is 23.6. The molecular formula is C19H22ClN3O5S. The zero-order valence-electron chi connectivity index (χ0n) is 16.5. The van der Waals surface area contributed by atoms with E-state index >= 15 is 0 Å². The van der Waals surface area contributed by atoms with E-state index in [0.29, 0.717) is 16.3 Å². The van der Waals surface area contributed by atoms with E-state index in [1.165, 1.54) is 12.1 Å². The Morgan fingerprint density at radius 1 is 1.21 bits per heavy atom. The van der Waals surface area contributed by atoms with E-state index in [4.69, 9.17) is 11.6 Å². The van der Waals surface area contributed by atoms with Crippen molar-refractivity contribution >= 4 is 44.6 Å². The predicted molar refractivity (Wildman–Crippen MR) is 114 cm³/mol. The maximum absolute atomic E-state index is 13.0. The van der Waals surface area contributed by atoms with E-state index in [0.717, 1.165) is 22.2 Å². The van der Waals surface area contributed by atoms with Gasteiger partial charge in [-0.05, 0) is 43.5 Å². The average Bonchev–Trinajstić information content (AvgIpc) is 2.62. The van der Waals surface area contributed by atoms with E-state index in [1.54, 1.807) is 39.0 Å². The minimum atomic E-state index is -3.93. The molecule has 0 saturated heterocycles. The third-order valence-corrected chi connectivity index (χ3v) is 5.83. The molecule has 0 saturated carbocycles. The van der Waals surface area contributed by atoms with Crippen LogP contribution in [0.3, 0.4) is 0 Å². The second kappa shape index (κ2) is 8.79. The number of nitrogens with zero attached hydrogens (tertiary/aromatic N) is 2. The summed E-state index contributed by atoms with van der Waals surface area (Å²) in [7, 11) is -3.93. The highest BCUT2D eigenvalue weighted by molar-refractivity contribution is 7.92. The fraction of sp³-hybridized carbons (Fsp3) is 0.316. The lowest BCUT2D eigenvalue weighted by Crippen LogP contribution is -2.47. The lowest BCUT2D eigenvalue weighted by atomic mass is 10.1. The van der Waals surface area contributed by atoms with E-state index in [-0.39, 0.29) is 17.8 Å². The number of carbonyl (C=O) groups excluding carboxylic acids is 1. The van der Waals surface area contributed by atoms with Crippen LogP contribution in [0.25, 0.3) is 0 Å². The van der Waals surface area contributed by atoms with Crippen molar-refractivity contribution in [2.24, 2.45) is 0 Å². The summed E-state index contributed by atoms with van der Waals surface area (Å²) in [6.45, 7) is 5.08. The van der Waals surface area contributed by atoms with Gasteiger partial charge in [0.05, 0.1) is 16.9 Å². The lowest BCUT2D eigenvalue weighted by molar-refractivity contribution is -0.384. The quantitative estimate of drug-likeness (QED) is 0.517. The number of nitrogens with one attached hydrogen (secondary N) is 1. The van der Waals surface area contributed by atoms with Crippen LogP contribution in [0.2, 0.25) is 5.02 Å². The van der Waals surface area contributed by atoms with Gasteiger partial charge in [-0.25, -0.2) is 8.42 Å². The van der Waals surface area contributed by atoms with Crippen LogP contribution in [-0.4, -0.2) is 31.5 Å². The van der Waals surface area contributed by atoms with Crippen LogP contribution >= 0.6 is 11.6 Å². The largest absolute Gasteiger partial charge is 0.324 e. The number of halogens is 1. The monoisotopic (exact) mass is 439 g/mol. The minimum absolute atomic E-state index is 0.0894. The maximum Gasteiger partial charge on any atom is 0.271 e. The smallest absolute Gasteiger partial charge is 0.271 e. The molecule has 0 heterocycles. The van der Waals surface area contributed by atoms with E-state index in [2.05, 4.69) is 5.32 Å². The molecule has 0 fully saturated rings. The van der Waals surface area contributed by atoms with Gasteiger partial charge in [-0.15, -0.1) is 0 Å². The zero-order chi connectivity index (χ0) is 21.9. The normalized spacial score (nSPS) is 12.3. The van der Waals surface area contributed by atoms with Crippen LogP contribution in [0.1, 0.15) is 24.5 Å². The number of sulfonamides is 1. The van der Waals surface area contributed by atoms with Gasteiger partial charge in [-0.2, -0.15) is 0 Å². The first-order chi connectivity index (χ1) is 13.5. The standard InChI is InChI=1S/C19H22ClN3O5S/c1-5-17(19(24)21-16-10-14(20)8-6-12(16)2)22(29(4,27)28)18-11-15(23(25)26)9-7-13(18)3/h6-11,17H,5H2,1-4H3,(H,21,24)/t17-/m1/s1. The van der Waals surface area contributed by atoms with Gasteiger partial charge in [0.2, 0.25) is 15.9 Å². The second-order valence-corrected chi connectivity index (χ2v) is 8.96. The van der Waals surface area contributed by atoms with Crippen molar-refractivity contribution < 1.29 is 18.1 Å². The molecule has 2 aromatic carbocycles. The number of nitro groups is 1. The van der Waals surface area contributed by atoms with E-state index in [9.17, 15) is 23.3 Å². The average molecular weight is 440 g/mol. The molecule has 2 rings (SSSR count). The zero-order valence-corrected chi connectivity index (χ0v) is 18.0. The van der Waals surface area contributed by atoms with Crippen molar-refractivity contribution in [3.63, 3.8) is 0 Å². The number of hydrogen-bond donors (Lipinski definition) is 1. The van der Waals surface area contributed by atoms with Crippen LogP contribution in [0, 0.1) is 24.0 Å². The fourth-order valence-electron chi connectivity index (χ4n) is 2.93. The number of benzene rings is 2. The van der Waals surface area contributed by atoms with Crippen LogP contribution in [0.15, 0.2) is 36.4 Å². The molecule has 0 aliphatic carbocycles. The van der Waals surface area contributed by atoms with E-state index < -0.39 is 26.9 Å². The molecule has 1 amide bonds. The maximum atomic E-state index is 13.0. The van der Waals surface area contributed by atoms with Gasteiger partial charge in [0.25, 0.3) is 5.69 Å². The first kappa shape index (κ1) is 22.6. The topological polar surface area (TPSA) is 110 Å². The summed E-state index contributed by atoms with van der Waals surface area (Å²) in [5.41, 5.74) is 1.54. The van der Waals surface area contributed by atoms with Crippen molar-refractivity contribution in [3.8, 4) is 0 Å². The molecule has 156 valence electrons. The van der Waals surface area contributed by atoms with Gasteiger partial charge < -0.3 is 5.32 Å². The second-order valence-electron chi connectivity index (χ2n) is 6.66. The van der Waals surface area contributed by atoms with Crippen molar-refractivity contribution in [3.05, 3.63) is 62.7 Å². The predicted octanol–water partition coefficient (Wildman–Crippen LogP) is 4.05. The van der Waals surface area contributed by atoms with Gasteiger partial charge in [-0.1, -0.05) is 30.7 Å². The SMILES string of the molecule is CC[C@H](C(=O)Nc1cc(Cl)ccc1C)N(c1cc([N+](=O)[O-])ccc1C)S(C)(=O)=O. The highest BCUT2D eigenvalue weighted by Crippen LogP contribution is 2.31. The molecular weight excluding hydrogens is 418 g/mol. The Morgan fingerprint density at radius 3 is 2.38 bits per heavy atom. The summed E-state index contributed by atoms with van der Waals surface area (Å²) >= 11 is 5.99. The fourth-order valence-corrected chi connectivity index (χ4v) is 4.36. The molecule has 2 aromatic rings. The Morgan fingerprint density at radius 2 is 1.83 bits per heavy atom. The summed E-state index contributed by atoms with van der Waals surface area (Å²) in [6.07, 6.45) is 1.12. The third-order valence-electron chi connectivity index (χ3n) is 4.43. The minimum Gasteiger partial charge on any atom is -0.324 e. The lowest BCUT2D eigenvalue weighted by Gasteiger charge is -2.31. The first-order valence-electron chi connectivity index (χ1n) is 8.77.